The van der Waals surface area contributed by atoms with Gasteiger partial charge in [0, 0.05) is 16.7 Å². The zero-order valence-electron chi connectivity index (χ0n) is 17.0. The Hall–Kier alpha value is -3.20. The molecule has 0 spiro atoms. The molecule has 3 aromatic carbocycles. The summed E-state index contributed by atoms with van der Waals surface area (Å²) in [5.41, 5.74) is 5.93. The molecule has 1 saturated carbocycles. The lowest BCUT2D eigenvalue weighted by Gasteiger charge is -2.23. The summed E-state index contributed by atoms with van der Waals surface area (Å²) in [5.74, 6) is -0.0903. The Labute approximate surface area is 171 Å². The van der Waals surface area contributed by atoms with Gasteiger partial charge in [-0.3, -0.25) is 9.59 Å². The number of nitrogens with one attached hydrogen (secondary N) is 1. The first-order chi connectivity index (χ1) is 13.9. The van der Waals surface area contributed by atoms with Gasteiger partial charge in [0.25, 0.3) is 0 Å². The maximum absolute atomic E-state index is 13.2. The predicted octanol–water partition coefficient (Wildman–Crippen LogP) is 5.45. The van der Waals surface area contributed by atoms with E-state index >= 15 is 0 Å². The Kier molecular flexibility index (Phi) is 4.83. The van der Waals surface area contributed by atoms with Crippen LogP contribution in [0.25, 0.3) is 0 Å². The number of carbonyl (C=O) groups is 2. The van der Waals surface area contributed by atoms with Gasteiger partial charge < -0.3 is 5.32 Å². The second-order valence-electron chi connectivity index (χ2n) is 7.98. The van der Waals surface area contributed by atoms with Gasteiger partial charge in [-0.25, -0.2) is 0 Å². The first-order valence-electron chi connectivity index (χ1n) is 9.97. The van der Waals surface area contributed by atoms with Crippen LogP contribution in [0.2, 0.25) is 0 Å². The fraction of sp³-hybridized carbons (Fsp3) is 0.231. The van der Waals surface area contributed by atoms with Gasteiger partial charge in [0.1, 0.15) is 0 Å². The summed E-state index contributed by atoms with van der Waals surface area (Å²) in [6.45, 7) is 5.77. The third-order valence-corrected chi connectivity index (χ3v) is 6.09. The second kappa shape index (κ2) is 7.32. The standard InChI is InChI=1S/C26H25NO2/c1-17-8-4-6-10-22(17)26(23-11-7-5-9-18(23)2)16-24(26)25(29)27-21-14-12-20(13-15-21)19(3)28/h4-15,24H,16H2,1-3H3,(H,27,29)/t24-/m0/s1. The van der Waals surface area contributed by atoms with E-state index in [-0.39, 0.29) is 23.0 Å². The van der Waals surface area contributed by atoms with E-state index in [4.69, 9.17) is 0 Å². The van der Waals surface area contributed by atoms with E-state index in [1.807, 2.05) is 12.1 Å². The number of amides is 1. The molecule has 4 rings (SSSR count). The van der Waals surface area contributed by atoms with Crippen LogP contribution in [0.5, 0.6) is 0 Å². The molecule has 1 aliphatic carbocycles. The summed E-state index contributed by atoms with van der Waals surface area (Å²) >= 11 is 0. The minimum absolute atomic E-state index is 0.0168. The number of carbonyl (C=O) groups excluding carboxylic acids is 2. The second-order valence-corrected chi connectivity index (χ2v) is 7.98. The van der Waals surface area contributed by atoms with Gasteiger partial charge in [-0.2, -0.15) is 0 Å². The van der Waals surface area contributed by atoms with E-state index in [1.54, 1.807) is 24.3 Å². The van der Waals surface area contributed by atoms with Gasteiger partial charge in [0.15, 0.2) is 5.78 Å². The van der Waals surface area contributed by atoms with Crippen LogP contribution in [-0.4, -0.2) is 11.7 Å². The van der Waals surface area contributed by atoms with Crippen molar-refractivity contribution in [1.29, 1.82) is 0 Å². The molecular formula is C26H25NO2. The summed E-state index contributed by atoms with van der Waals surface area (Å²) in [4.78, 5) is 24.7. The highest BCUT2D eigenvalue weighted by molar-refractivity contribution is 5.98. The molecule has 0 aromatic heterocycles. The Morgan fingerprint density at radius 2 is 1.34 bits per heavy atom. The summed E-state index contributed by atoms with van der Waals surface area (Å²) < 4.78 is 0. The van der Waals surface area contributed by atoms with Crippen molar-refractivity contribution in [3.8, 4) is 0 Å². The molecule has 1 amide bonds. The lowest BCUT2D eigenvalue weighted by Crippen LogP contribution is -2.23. The number of aryl methyl sites for hydroxylation is 2. The van der Waals surface area contributed by atoms with E-state index in [2.05, 4.69) is 55.6 Å². The smallest absolute Gasteiger partial charge is 0.228 e. The summed E-state index contributed by atoms with van der Waals surface area (Å²) in [7, 11) is 0. The van der Waals surface area contributed by atoms with Crippen LogP contribution in [0.3, 0.4) is 0 Å². The zero-order chi connectivity index (χ0) is 20.6. The molecule has 0 radical (unpaired) electrons. The number of ketones is 1. The first-order valence-corrected chi connectivity index (χ1v) is 9.97. The monoisotopic (exact) mass is 383 g/mol. The molecule has 0 unspecified atom stereocenters. The van der Waals surface area contributed by atoms with Gasteiger partial charge in [0.05, 0.1) is 5.92 Å². The van der Waals surface area contributed by atoms with E-state index in [0.717, 1.165) is 12.1 Å². The van der Waals surface area contributed by atoms with E-state index in [0.29, 0.717) is 5.56 Å². The van der Waals surface area contributed by atoms with Crippen molar-refractivity contribution in [3.05, 3.63) is 101 Å². The molecule has 3 nitrogen and oxygen atoms in total. The van der Waals surface area contributed by atoms with Crippen LogP contribution in [0.1, 0.15) is 46.0 Å². The SMILES string of the molecule is CC(=O)c1ccc(NC(=O)[C@@H]2CC2(c2ccccc2C)c2ccccc2C)cc1. The van der Waals surface area contributed by atoms with Crippen molar-refractivity contribution in [2.24, 2.45) is 5.92 Å². The van der Waals surface area contributed by atoms with Gasteiger partial charge in [-0.1, -0.05) is 48.5 Å². The molecule has 0 heterocycles. The molecule has 0 saturated heterocycles. The third kappa shape index (κ3) is 3.38. The van der Waals surface area contributed by atoms with Gasteiger partial charge in [0.2, 0.25) is 5.91 Å². The number of Topliss-reactive ketones (excluding diaryl/α,β-unsaturated/α-hetero) is 1. The maximum atomic E-state index is 13.2. The highest BCUT2D eigenvalue weighted by Gasteiger charge is 2.61. The van der Waals surface area contributed by atoms with E-state index in [9.17, 15) is 9.59 Å². The van der Waals surface area contributed by atoms with Crippen LogP contribution >= 0.6 is 0 Å². The molecular weight excluding hydrogens is 358 g/mol. The highest BCUT2D eigenvalue weighted by Crippen LogP contribution is 2.60. The van der Waals surface area contributed by atoms with Gasteiger partial charge >= 0.3 is 0 Å². The zero-order valence-corrected chi connectivity index (χ0v) is 17.0. The molecule has 3 aromatic rings. The molecule has 146 valence electrons. The largest absolute Gasteiger partial charge is 0.326 e. The Morgan fingerprint density at radius 3 is 1.83 bits per heavy atom. The van der Waals surface area contributed by atoms with Crippen LogP contribution in [0, 0.1) is 19.8 Å². The number of benzene rings is 3. The Bertz CT molecular complexity index is 1040. The van der Waals surface area contributed by atoms with Crippen molar-refractivity contribution in [3.63, 3.8) is 0 Å². The van der Waals surface area contributed by atoms with E-state index < -0.39 is 0 Å². The summed E-state index contributed by atoms with van der Waals surface area (Å²) in [6, 6.07) is 23.8. The topological polar surface area (TPSA) is 46.2 Å². The molecule has 0 bridgehead atoms. The molecule has 29 heavy (non-hydrogen) atoms. The van der Waals surface area contributed by atoms with Crippen LogP contribution in [0.15, 0.2) is 72.8 Å². The Morgan fingerprint density at radius 1 is 0.828 bits per heavy atom. The minimum atomic E-state index is -0.292. The van der Waals surface area contributed by atoms with Crippen LogP contribution in [0.4, 0.5) is 5.69 Å². The summed E-state index contributed by atoms with van der Waals surface area (Å²) in [6.07, 6.45) is 0.792. The quantitative estimate of drug-likeness (QED) is 0.596. The number of hydrogen-bond acceptors (Lipinski definition) is 2. The maximum Gasteiger partial charge on any atom is 0.228 e. The minimum Gasteiger partial charge on any atom is -0.326 e. The number of anilines is 1. The van der Waals surface area contributed by atoms with Gasteiger partial charge in [-0.15, -0.1) is 0 Å². The van der Waals surface area contributed by atoms with Crippen molar-refractivity contribution >= 4 is 17.4 Å². The highest BCUT2D eigenvalue weighted by atomic mass is 16.2. The number of rotatable bonds is 5. The van der Waals surface area contributed by atoms with Crippen molar-refractivity contribution in [2.75, 3.05) is 5.32 Å². The molecule has 1 fully saturated rings. The van der Waals surface area contributed by atoms with Crippen LogP contribution < -0.4 is 5.32 Å². The lowest BCUT2D eigenvalue weighted by atomic mass is 9.81. The third-order valence-electron chi connectivity index (χ3n) is 6.09. The molecule has 3 heteroatoms. The van der Waals surface area contributed by atoms with Crippen molar-refractivity contribution < 1.29 is 9.59 Å². The normalized spacial score (nSPS) is 16.9. The van der Waals surface area contributed by atoms with E-state index in [1.165, 1.54) is 29.2 Å². The first kappa shape index (κ1) is 19.1. The average molecular weight is 383 g/mol. The molecule has 1 N–H and O–H groups in total. The number of hydrogen-bond donors (Lipinski definition) is 1. The van der Waals surface area contributed by atoms with Crippen molar-refractivity contribution in [1.82, 2.24) is 0 Å². The molecule has 0 aliphatic heterocycles. The molecule has 1 atom stereocenters. The molecule has 1 aliphatic rings. The predicted molar refractivity (Wildman–Crippen MR) is 116 cm³/mol. The average Bonchev–Trinajstić information content (AvgIpc) is 3.45. The van der Waals surface area contributed by atoms with Crippen molar-refractivity contribution in [2.45, 2.75) is 32.6 Å². The fourth-order valence-electron chi connectivity index (χ4n) is 4.48. The lowest BCUT2D eigenvalue weighted by molar-refractivity contribution is -0.117. The fourth-order valence-corrected chi connectivity index (χ4v) is 4.48. The Balaban J connectivity index is 1.67. The van der Waals surface area contributed by atoms with Gasteiger partial charge in [-0.05, 0) is 73.7 Å². The van der Waals surface area contributed by atoms with Crippen LogP contribution in [-0.2, 0) is 10.2 Å². The summed E-state index contributed by atoms with van der Waals surface area (Å²) in [5, 5.41) is 3.05.